The molecule has 0 unspecified atom stereocenters. The van der Waals surface area contributed by atoms with E-state index in [-0.39, 0.29) is 0 Å². The van der Waals surface area contributed by atoms with Gasteiger partial charge in [0.2, 0.25) is 0 Å². The van der Waals surface area contributed by atoms with E-state index in [1.807, 2.05) is 24.4 Å². The molecule has 3 heteroatoms. The number of benzene rings is 2. The van der Waals surface area contributed by atoms with Gasteiger partial charge in [0, 0.05) is 5.56 Å². The Labute approximate surface area is 112 Å². The summed E-state index contributed by atoms with van der Waals surface area (Å²) < 4.78 is 1.80. The summed E-state index contributed by atoms with van der Waals surface area (Å²) in [4.78, 5) is 0. The van der Waals surface area contributed by atoms with Crippen LogP contribution in [0.2, 0.25) is 0 Å². The fourth-order valence-corrected chi connectivity index (χ4v) is 2.02. The smallest absolute Gasteiger partial charge is 0.113 e. The van der Waals surface area contributed by atoms with Gasteiger partial charge >= 0.3 is 0 Å². The molecule has 0 radical (unpaired) electrons. The second kappa shape index (κ2) is 4.69. The van der Waals surface area contributed by atoms with Gasteiger partial charge in [-0.25, -0.2) is 4.68 Å². The average Bonchev–Trinajstić information content (AvgIpc) is 2.89. The molecule has 0 fully saturated rings. The predicted octanol–water partition coefficient (Wildman–Crippen LogP) is 3.55. The Morgan fingerprint density at radius 1 is 0.895 bits per heavy atom. The van der Waals surface area contributed by atoms with E-state index >= 15 is 0 Å². The molecule has 94 valence electrons. The van der Waals surface area contributed by atoms with Crippen molar-refractivity contribution in [3.8, 4) is 16.9 Å². The number of hydrogen-bond donors (Lipinski definition) is 0. The highest BCUT2D eigenvalue weighted by atomic mass is 15.4. The number of aromatic nitrogens is 3. The van der Waals surface area contributed by atoms with Crippen LogP contribution in [0.15, 0.2) is 54.7 Å². The van der Waals surface area contributed by atoms with Gasteiger partial charge < -0.3 is 0 Å². The quantitative estimate of drug-likeness (QED) is 0.695. The Kier molecular flexibility index (Phi) is 2.88. The maximum atomic E-state index is 4.24. The van der Waals surface area contributed by atoms with Crippen molar-refractivity contribution >= 4 is 0 Å². The van der Waals surface area contributed by atoms with Crippen LogP contribution in [0.5, 0.6) is 0 Å². The fourth-order valence-electron chi connectivity index (χ4n) is 2.02. The second-order valence-corrected chi connectivity index (χ2v) is 4.75. The third-order valence-electron chi connectivity index (χ3n) is 3.11. The van der Waals surface area contributed by atoms with E-state index < -0.39 is 0 Å². The zero-order valence-electron chi connectivity index (χ0n) is 11.0. The van der Waals surface area contributed by atoms with E-state index in [9.17, 15) is 0 Å². The van der Waals surface area contributed by atoms with Gasteiger partial charge in [0.15, 0.2) is 0 Å². The number of nitrogens with zero attached hydrogens (tertiary/aromatic N) is 3. The molecule has 0 spiro atoms. The molecule has 0 aliphatic carbocycles. The fraction of sp³-hybridized carbons (Fsp3) is 0.125. The molecule has 0 atom stereocenters. The molecular formula is C16H15N3. The van der Waals surface area contributed by atoms with Gasteiger partial charge in [0.05, 0.1) is 11.9 Å². The third-order valence-corrected chi connectivity index (χ3v) is 3.11. The molecule has 1 aromatic heterocycles. The van der Waals surface area contributed by atoms with Crippen molar-refractivity contribution in [3.05, 3.63) is 65.9 Å². The molecule has 0 aliphatic heterocycles. The zero-order valence-corrected chi connectivity index (χ0v) is 11.0. The molecule has 3 rings (SSSR count). The van der Waals surface area contributed by atoms with Crippen LogP contribution in [-0.4, -0.2) is 15.0 Å². The SMILES string of the molecule is Cc1ccc(-n2cc(-c3cccc(C)c3)nn2)cc1. The van der Waals surface area contributed by atoms with Gasteiger partial charge in [-0.15, -0.1) is 5.10 Å². The van der Waals surface area contributed by atoms with Crippen molar-refractivity contribution in [2.24, 2.45) is 0 Å². The van der Waals surface area contributed by atoms with E-state index in [0.717, 1.165) is 16.9 Å². The molecular weight excluding hydrogens is 234 g/mol. The topological polar surface area (TPSA) is 30.7 Å². The van der Waals surface area contributed by atoms with Gasteiger partial charge in [-0.2, -0.15) is 0 Å². The number of hydrogen-bond acceptors (Lipinski definition) is 2. The lowest BCUT2D eigenvalue weighted by atomic mass is 10.1. The molecule has 0 N–H and O–H groups in total. The molecule has 0 amide bonds. The van der Waals surface area contributed by atoms with Crippen molar-refractivity contribution in [1.82, 2.24) is 15.0 Å². The molecule has 3 nitrogen and oxygen atoms in total. The van der Waals surface area contributed by atoms with Crippen LogP contribution < -0.4 is 0 Å². The number of rotatable bonds is 2. The summed E-state index contributed by atoms with van der Waals surface area (Å²) >= 11 is 0. The largest absolute Gasteiger partial charge is 0.220 e. The Morgan fingerprint density at radius 2 is 1.68 bits per heavy atom. The molecule has 0 aliphatic rings. The summed E-state index contributed by atoms with van der Waals surface area (Å²) in [5.41, 5.74) is 5.48. The summed E-state index contributed by atoms with van der Waals surface area (Å²) in [7, 11) is 0. The minimum absolute atomic E-state index is 0.893. The summed E-state index contributed by atoms with van der Waals surface area (Å²) in [6.45, 7) is 4.15. The van der Waals surface area contributed by atoms with Crippen LogP contribution in [0.1, 0.15) is 11.1 Å². The van der Waals surface area contributed by atoms with Crippen LogP contribution in [0.4, 0.5) is 0 Å². The molecule has 3 aromatic rings. The maximum Gasteiger partial charge on any atom is 0.113 e. The van der Waals surface area contributed by atoms with Gasteiger partial charge in [-0.3, -0.25) is 0 Å². The van der Waals surface area contributed by atoms with Crippen molar-refractivity contribution in [2.45, 2.75) is 13.8 Å². The van der Waals surface area contributed by atoms with E-state index in [1.165, 1.54) is 11.1 Å². The monoisotopic (exact) mass is 249 g/mol. The highest BCUT2D eigenvalue weighted by Gasteiger charge is 2.05. The van der Waals surface area contributed by atoms with Crippen LogP contribution in [0, 0.1) is 13.8 Å². The van der Waals surface area contributed by atoms with Gasteiger partial charge in [-0.1, -0.05) is 46.7 Å². The summed E-state index contributed by atoms with van der Waals surface area (Å²) in [6, 6.07) is 16.5. The predicted molar refractivity (Wildman–Crippen MR) is 76.3 cm³/mol. The Balaban J connectivity index is 1.97. The normalized spacial score (nSPS) is 10.6. The van der Waals surface area contributed by atoms with Crippen molar-refractivity contribution < 1.29 is 0 Å². The van der Waals surface area contributed by atoms with Crippen molar-refractivity contribution in [1.29, 1.82) is 0 Å². The van der Waals surface area contributed by atoms with E-state index in [2.05, 4.69) is 54.5 Å². The van der Waals surface area contributed by atoms with Crippen LogP contribution in [0.3, 0.4) is 0 Å². The van der Waals surface area contributed by atoms with Crippen LogP contribution >= 0.6 is 0 Å². The minimum atomic E-state index is 0.893. The molecule has 0 saturated heterocycles. The Hall–Kier alpha value is -2.42. The molecule has 0 saturated carbocycles. The molecule has 19 heavy (non-hydrogen) atoms. The first-order valence-corrected chi connectivity index (χ1v) is 6.29. The van der Waals surface area contributed by atoms with Gasteiger partial charge in [-0.05, 0) is 32.0 Å². The van der Waals surface area contributed by atoms with Crippen molar-refractivity contribution in [3.63, 3.8) is 0 Å². The first-order chi connectivity index (χ1) is 9.22. The Bertz CT molecular complexity index is 696. The Morgan fingerprint density at radius 3 is 2.42 bits per heavy atom. The van der Waals surface area contributed by atoms with E-state index in [0.29, 0.717) is 0 Å². The molecule has 0 bridgehead atoms. The first-order valence-electron chi connectivity index (χ1n) is 6.29. The van der Waals surface area contributed by atoms with Crippen molar-refractivity contribution in [2.75, 3.05) is 0 Å². The highest BCUT2D eigenvalue weighted by molar-refractivity contribution is 5.59. The molecule has 2 aromatic carbocycles. The second-order valence-electron chi connectivity index (χ2n) is 4.75. The lowest BCUT2D eigenvalue weighted by molar-refractivity contribution is 0.803. The lowest BCUT2D eigenvalue weighted by Crippen LogP contribution is -1.94. The van der Waals surface area contributed by atoms with Gasteiger partial charge in [0.25, 0.3) is 0 Å². The summed E-state index contributed by atoms with van der Waals surface area (Å²) in [6.07, 6.45) is 1.96. The average molecular weight is 249 g/mol. The minimum Gasteiger partial charge on any atom is -0.220 e. The van der Waals surface area contributed by atoms with Crippen LogP contribution in [0.25, 0.3) is 16.9 Å². The third kappa shape index (κ3) is 2.40. The van der Waals surface area contributed by atoms with Gasteiger partial charge in [0.1, 0.15) is 5.69 Å². The zero-order chi connectivity index (χ0) is 13.2. The maximum absolute atomic E-state index is 4.24. The van der Waals surface area contributed by atoms with Crippen LogP contribution in [-0.2, 0) is 0 Å². The number of aryl methyl sites for hydroxylation is 2. The summed E-state index contributed by atoms with van der Waals surface area (Å²) in [5, 5.41) is 8.43. The van der Waals surface area contributed by atoms with E-state index in [4.69, 9.17) is 0 Å². The first kappa shape index (κ1) is 11.7. The lowest BCUT2D eigenvalue weighted by Gasteiger charge is -2.00. The summed E-state index contributed by atoms with van der Waals surface area (Å²) in [5.74, 6) is 0. The standard InChI is InChI=1S/C16H15N3/c1-12-6-8-15(9-7-12)19-11-16(17-18-19)14-5-3-4-13(2)10-14/h3-11H,1-2H3. The highest BCUT2D eigenvalue weighted by Crippen LogP contribution is 2.18. The van der Waals surface area contributed by atoms with E-state index in [1.54, 1.807) is 4.68 Å². The molecule has 1 heterocycles.